The molecular weight excluding hydrogens is 584 g/mol. The van der Waals surface area contributed by atoms with E-state index in [1.54, 1.807) is 52.8 Å². The molecule has 1 heterocycles. The van der Waals surface area contributed by atoms with Crippen molar-refractivity contribution in [3.8, 4) is 0 Å². The van der Waals surface area contributed by atoms with Gasteiger partial charge in [-0.15, -0.1) is 0 Å². The lowest BCUT2D eigenvalue weighted by Crippen LogP contribution is -2.26. The van der Waals surface area contributed by atoms with Crippen LogP contribution in [0.4, 0.5) is 37.7 Å². The number of aromatic nitrogens is 1. The quantitative estimate of drug-likeness (QED) is 0.103. The summed E-state index contributed by atoms with van der Waals surface area (Å²) in [6.45, 7) is 14.9. The molecule has 0 N–H and O–H groups in total. The van der Waals surface area contributed by atoms with E-state index in [0.717, 1.165) is 24.3 Å². The minimum absolute atomic E-state index is 0.390. The van der Waals surface area contributed by atoms with Gasteiger partial charge in [-0.3, -0.25) is 9.98 Å². The fourth-order valence-electron chi connectivity index (χ4n) is 4.61. The number of benzene rings is 2. The lowest BCUT2D eigenvalue weighted by atomic mass is 10.0. The maximum absolute atomic E-state index is 13.4. The summed E-state index contributed by atoms with van der Waals surface area (Å²) in [5, 5.41) is 0. The van der Waals surface area contributed by atoms with Gasteiger partial charge in [-0.25, -0.2) is 4.98 Å². The maximum atomic E-state index is 13.4. The molecule has 0 radical (unpaired) electrons. The zero-order valence-electron chi connectivity index (χ0n) is 25.7. The number of rotatable bonds is 9. The Kier molecular flexibility index (Phi) is 10.4. The number of nitrogens with zero attached hydrogens (tertiary/aromatic N) is 3. The van der Waals surface area contributed by atoms with Crippen LogP contribution in [0.2, 0.25) is 19.6 Å². The van der Waals surface area contributed by atoms with Crippen molar-refractivity contribution >= 4 is 31.1 Å². The molecular formula is C32H37F6N3OSi. The summed E-state index contributed by atoms with van der Waals surface area (Å²) in [6.07, 6.45) is -7.83. The number of aryl methyl sites for hydroxylation is 4. The van der Waals surface area contributed by atoms with Crippen LogP contribution in [0.25, 0.3) is 0 Å². The molecule has 3 aromatic rings. The normalized spacial score (nSPS) is 13.5. The molecule has 232 valence electrons. The van der Waals surface area contributed by atoms with Gasteiger partial charge in [0.2, 0.25) is 0 Å². The Morgan fingerprint density at radius 1 is 0.744 bits per heavy atom. The molecule has 0 amide bonds. The third-order valence-corrected chi connectivity index (χ3v) is 7.74. The van der Waals surface area contributed by atoms with E-state index >= 15 is 0 Å². The largest absolute Gasteiger partial charge is 0.418 e. The minimum Gasteiger partial charge on any atom is -0.418 e. The van der Waals surface area contributed by atoms with Gasteiger partial charge in [0.25, 0.3) is 0 Å². The number of alkyl halides is 6. The fraction of sp³-hybridized carbons (Fsp3) is 0.406. The molecule has 0 unspecified atom stereocenters. The molecule has 0 spiro atoms. The van der Waals surface area contributed by atoms with E-state index in [-0.39, 0.29) is 0 Å². The SMILES string of the molecule is CC(=Nc1c(C)cc(C(F)(F)F)cc1C)c1cccc(C(CCCO[Si](C)(C)C)=Nc2c(C)cc(C(F)(F)F)cc2C)n1. The monoisotopic (exact) mass is 621 g/mol. The summed E-state index contributed by atoms with van der Waals surface area (Å²) in [7, 11) is -1.75. The Balaban J connectivity index is 2.05. The van der Waals surface area contributed by atoms with E-state index in [2.05, 4.69) is 24.6 Å². The molecule has 11 heteroatoms. The summed E-state index contributed by atoms with van der Waals surface area (Å²) in [6, 6.07) is 9.63. The second-order valence-corrected chi connectivity index (χ2v) is 16.2. The first kappa shape index (κ1) is 34.2. The standard InChI is InChI=1S/C32H37F6N3OSi/c1-19-15-24(31(33,34)35)16-20(2)29(19)39-23(5)26-11-9-12-27(40-26)28(13-10-14-42-43(6,7)8)41-30-21(3)17-25(18-22(30)4)32(36,37)38/h9,11-12,15-18H,10,13-14H2,1-8H3. The molecule has 0 bridgehead atoms. The first-order chi connectivity index (χ1) is 19.8. The second-order valence-electron chi connectivity index (χ2n) is 11.6. The Morgan fingerprint density at radius 2 is 1.19 bits per heavy atom. The lowest BCUT2D eigenvalue weighted by Gasteiger charge is -2.17. The average Bonchev–Trinajstić information content (AvgIpc) is 2.87. The van der Waals surface area contributed by atoms with E-state index in [1.165, 1.54) is 0 Å². The van der Waals surface area contributed by atoms with Crippen molar-refractivity contribution in [2.75, 3.05) is 6.61 Å². The van der Waals surface area contributed by atoms with Crippen molar-refractivity contribution in [2.45, 2.75) is 79.5 Å². The molecule has 0 saturated heterocycles. The van der Waals surface area contributed by atoms with Crippen molar-refractivity contribution < 1.29 is 30.8 Å². The zero-order valence-corrected chi connectivity index (χ0v) is 26.7. The Bertz CT molecular complexity index is 1490. The number of pyridine rings is 1. The van der Waals surface area contributed by atoms with E-state index in [0.29, 0.717) is 75.9 Å². The number of halogens is 6. The Labute approximate surface area is 250 Å². The van der Waals surface area contributed by atoms with Gasteiger partial charge in [0.05, 0.1) is 45.3 Å². The van der Waals surface area contributed by atoms with E-state index in [4.69, 9.17) is 14.4 Å². The number of hydrogen-bond donors (Lipinski definition) is 0. The van der Waals surface area contributed by atoms with Crippen LogP contribution in [0.15, 0.2) is 52.4 Å². The van der Waals surface area contributed by atoms with Crippen LogP contribution >= 0.6 is 0 Å². The third kappa shape index (κ3) is 9.33. The Hall–Kier alpha value is -3.31. The predicted octanol–water partition coefficient (Wildman–Crippen LogP) is 10.2. The highest BCUT2D eigenvalue weighted by atomic mass is 28.4. The summed E-state index contributed by atoms with van der Waals surface area (Å²) >= 11 is 0. The van der Waals surface area contributed by atoms with Gasteiger partial charge in [0, 0.05) is 6.61 Å². The smallest absolute Gasteiger partial charge is 0.416 e. The Morgan fingerprint density at radius 3 is 1.63 bits per heavy atom. The first-order valence-electron chi connectivity index (χ1n) is 13.9. The maximum Gasteiger partial charge on any atom is 0.416 e. The van der Waals surface area contributed by atoms with Crippen LogP contribution in [-0.4, -0.2) is 31.3 Å². The van der Waals surface area contributed by atoms with Crippen molar-refractivity contribution in [2.24, 2.45) is 9.98 Å². The molecule has 0 fully saturated rings. The molecule has 0 atom stereocenters. The highest BCUT2D eigenvalue weighted by Gasteiger charge is 2.32. The van der Waals surface area contributed by atoms with Crippen LogP contribution in [-0.2, 0) is 16.8 Å². The van der Waals surface area contributed by atoms with Gasteiger partial charge < -0.3 is 4.43 Å². The molecule has 0 aliphatic rings. The molecule has 2 aromatic carbocycles. The topological polar surface area (TPSA) is 46.8 Å². The fourth-order valence-corrected chi connectivity index (χ4v) is 5.36. The molecule has 4 nitrogen and oxygen atoms in total. The van der Waals surface area contributed by atoms with Crippen molar-refractivity contribution in [1.29, 1.82) is 0 Å². The van der Waals surface area contributed by atoms with Crippen LogP contribution in [0.3, 0.4) is 0 Å². The van der Waals surface area contributed by atoms with Gasteiger partial charge in [-0.05, 0) is 126 Å². The lowest BCUT2D eigenvalue weighted by molar-refractivity contribution is -0.138. The molecule has 3 rings (SSSR count). The average molecular weight is 622 g/mol. The van der Waals surface area contributed by atoms with Crippen molar-refractivity contribution in [1.82, 2.24) is 4.98 Å². The summed E-state index contributed by atoms with van der Waals surface area (Å²) in [5.41, 5.74) is 3.10. The van der Waals surface area contributed by atoms with Gasteiger partial charge in [0.1, 0.15) is 0 Å². The van der Waals surface area contributed by atoms with Crippen molar-refractivity contribution in [3.05, 3.63) is 87.2 Å². The summed E-state index contributed by atoms with van der Waals surface area (Å²) in [5.74, 6) is 0. The zero-order chi connectivity index (χ0) is 32.3. The van der Waals surface area contributed by atoms with Crippen LogP contribution in [0.5, 0.6) is 0 Å². The molecule has 0 aliphatic carbocycles. The van der Waals surface area contributed by atoms with E-state index < -0.39 is 31.8 Å². The van der Waals surface area contributed by atoms with E-state index in [1.807, 2.05) is 0 Å². The molecule has 0 aliphatic heterocycles. The summed E-state index contributed by atoms with van der Waals surface area (Å²) in [4.78, 5) is 14.2. The minimum atomic E-state index is -4.47. The van der Waals surface area contributed by atoms with Gasteiger partial charge >= 0.3 is 12.4 Å². The van der Waals surface area contributed by atoms with Gasteiger partial charge in [-0.1, -0.05) is 6.07 Å². The molecule has 0 saturated carbocycles. The second kappa shape index (κ2) is 13.1. The van der Waals surface area contributed by atoms with Gasteiger partial charge in [0.15, 0.2) is 8.32 Å². The van der Waals surface area contributed by atoms with Crippen LogP contribution < -0.4 is 0 Å². The highest BCUT2D eigenvalue weighted by Crippen LogP contribution is 2.36. The summed E-state index contributed by atoms with van der Waals surface area (Å²) < 4.78 is 85.9. The molecule has 43 heavy (non-hydrogen) atoms. The van der Waals surface area contributed by atoms with Crippen LogP contribution in [0.1, 0.15) is 64.5 Å². The first-order valence-corrected chi connectivity index (χ1v) is 17.3. The van der Waals surface area contributed by atoms with E-state index in [9.17, 15) is 26.3 Å². The van der Waals surface area contributed by atoms with Crippen molar-refractivity contribution in [3.63, 3.8) is 0 Å². The van der Waals surface area contributed by atoms with Gasteiger partial charge in [-0.2, -0.15) is 26.3 Å². The third-order valence-electron chi connectivity index (χ3n) is 6.67. The highest BCUT2D eigenvalue weighted by molar-refractivity contribution is 6.69. The predicted molar refractivity (Wildman–Crippen MR) is 163 cm³/mol. The number of aliphatic imine (C=N–C) groups is 2. The van der Waals surface area contributed by atoms with Crippen LogP contribution in [0, 0.1) is 27.7 Å². The number of hydrogen-bond acceptors (Lipinski definition) is 4. The molecule has 1 aromatic heterocycles.